The fourth-order valence-electron chi connectivity index (χ4n) is 3.19. The molecular weight excluding hydrogens is 318 g/mol. The van der Waals surface area contributed by atoms with Gasteiger partial charge in [0.15, 0.2) is 0 Å². The van der Waals surface area contributed by atoms with Gasteiger partial charge in [-0.3, -0.25) is 0 Å². The second-order valence-electron chi connectivity index (χ2n) is 6.56. The molecule has 1 unspecified atom stereocenters. The zero-order chi connectivity index (χ0) is 18.1. The van der Waals surface area contributed by atoms with Crippen LogP contribution in [0.15, 0.2) is 18.2 Å². The Kier molecular flexibility index (Phi) is 7.85. The zero-order valence-corrected chi connectivity index (χ0v) is 15.6. The lowest BCUT2D eigenvalue weighted by molar-refractivity contribution is 0.159. The Morgan fingerprint density at radius 3 is 2.52 bits per heavy atom. The van der Waals surface area contributed by atoms with E-state index in [4.69, 9.17) is 9.47 Å². The molecule has 1 aliphatic rings. The first kappa shape index (κ1) is 19.4. The van der Waals surface area contributed by atoms with Gasteiger partial charge in [-0.1, -0.05) is 6.42 Å². The average molecular weight is 349 g/mol. The molecule has 2 rings (SSSR count). The maximum atomic E-state index is 11.9. The molecule has 0 aliphatic carbocycles. The second-order valence-corrected chi connectivity index (χ2v) is 6.56. The van der Waals surface area contributed by atoms with Crippen LogP contribution in [0.1, 0.15) is 38.2 Å². The molecule has 1 saturated heterocycles. The number of carbonyl (C=O) groups excluding carboxylic acids is 1. The monoisotopic (exact) mass is 349 g/mol. The first-order valence-corrected chi connectivity index (χ1v) is 9.10. The molecule has 0 aromatic heterocycles. The Morgan fingerprint density at radius 1 is 1.16 bits per heavy atom. The van der Waals surface area contributed by atoms with E-state index in [-0.39, 0.29) is 6.03 Å². The minimum atomic E-state index is -0.145. The van der Waals surface area contributed by atoms with Gasteiger partial charge >= 0.3 is 6.03 Å². The summed E-state index contributed by atoms with van der Waals surface area (Å²) in [6.45, 7) is 5.65. The van der Waals surface area contributed by atoms with Crippen molar-refractivity contribution in [2.45, 2.75) is 45.2 Å². The fourth-order valence-corrected chi connectivity index (χ4v) is 3.19. The van der Waals surface area contributed by atoms with E-state index < -0.39 is 0 Å². The Labute approximate surface area is 150 Å². The number of nitrogens with zero attached hydrogens (tertiary/aromatic N) is 1. The van der Waals surface area contributed by atoms with Gasteiger partial charge in [0.25, 0.3) is 0 Å². The van der Waals surface area contributed by atoms with Crippen LogP contribution in [0.5, 0.6) is 11.5 Å². The molecule has 1 aliphatic heterocycles. The topological polar surface area (TPSA) is 62.8 Å². The molecule has 1 aromatic rings. The molecule has 1 atom stereocenters. The molecule has 25 heavy (non-hydrogen) atoms. The maximum Gasteiger partial charge on any atom is 0.315 e. The summed E-state index contributed by atoms with van der Waals surface area (Å²) in [5, 5.41) is 5.80. The van der Waals surface area contributed by atoms with Crippen LogP contribution in [0.2, 0.25) is 0 Å². The molecule has 140 valence electrons. The number of hydrogen-bond acceptors (Lipinski definition) is 4. The van der Waals surface area contributed by atoms with Crippen molar-refractivity contribution in [2.75, 3.05) is 33.9 Å². The van der Waals surface area contributed by atoms with Gasteiger partial charge < -0.3 is 25.0 Å². The minimum Gasteiger partial charge on any atom is -0.497 e. The highest BCUT2D eigenvalue weighted by atomic mass is 16.5. The third kappa shape index (κ3) is 6.46. The van der Waals surface area contributed by atoms with Crippen LogP contribution >= 0.6 is 0 Å². The van der Waals surface area contributed by atoms with E-state index in [1.165, 1.54) is 25.8 Å². The van der Waals surface area contributed by atoms with Crippen LogP contribution in [0, 0.1) is 0 Å². The highest BCUT2D eigenvalue weighted by Crippen LogP contribution is 2.22. The predicted octanol–water partition coefficient (Wildman–Crippen LogP) is 2.77. The molecule has 2 N–H and O–H groups in total. The average Bonchev–Trinajstić information content (AvgIpc) is 2.64. The number of urea groups is 1. The maximum absolute atomic E-state index is 11.9. The van der Waals surface area contributed by atoms with E-state index in [1.807, 2.05) is 18.2 Å². The van der Waals surface area contributed by atoms with Crippen molar-refractivity contribution < 1.29 is 14.3 Å². The van der Waals surface area contributed by atoms with Crippen LogP contribution in [-0.4, -0.2) is 50.8 Å². The van der Waals surface area contributed by atoms with Crippen molar-refractivity contribution in [1.29, 1.82) is 0 Å². The third-order valence-electron chi connectivity index (χ3n) is 4.71. The SMILES string of the molecule is COc1cc(CNC(=O)NCCCN2CCCCC2C)cc(OC)c1. The number of rotatable bonds is 8. The first-order valence-electron chi connectivity index (χ1n) is 9.10. The molecular formula is C19H31N3O3. The number of amides is 2. The van der Waals surface area contributed by atoms with E-state index in [0.717, 1.165) is 18.5 Å². The molecule has 0 saturated carbocycles. The molecule has 6 nitrogen and oxygen atoms in total. The molecule has 1 aromatic carbocycles. The fraction of sp³-hybridized carbons (Fsp3) is 0.632. The van der Waals surface area contributed by atoms with E-state index in [0.29, 0.717) is 30.6 Å². The van der Waals surface area contributed by atoms with Crippen molar-refractivity contribution in [3.63, 3.8) is 0 Å². The number of piperidine rings is 1. The summed E-state index contributed by atoms with van der Waals surface area (Å²) in [7, 11) is 3.23. The summed E-state index contributed by atoms with van der Waals surface area (Å²) in [5.74, 6) is 1.43. The molecule has 1 heterocycles. The number of methoxy groups -OCH3 is 2. The van der Waals surface area contributed by atoms with Crippen LogP contribution in [0.25, 0.3) is 0 Å². The van der Waals surface area contributed by atoms with Gasteiger partial charge in [-0.05, 0) is 50.4 Å². The van der Waals surface area contributed by atoms with Crippen LogP contribution in [-0.2, 0) is 6.54 Å². The van der Waals surface area contributed by atoms with E-state index in [9.17, 15) is 4.79 Å². The van der Waals surface area contributed by atoms with Gasteiger partial charge in [0, 0.05) is 31.7 Å². The molecule has 2 amide bonds. The highest BCUT2D eigenvalue weighted by Gasteiger charge is 2.17. The van der Waals surface area contributed by atoms with Gasteiger partial charge in [-0.2, -0.15) is 0 Å². The Morgan fingerprint density at radius 2 is 1.88 bits per heavy atom. The number of ether oxygens (including phenoxy) is 2. The Bertz CT molecular complexity index is 528. The summed E-state index contributed by atoms with van der Waals surface area (Å²) in [6, 6.07) is 6.12. The number of benzene rings is 1. The van der Waals surface area contributed by atoms with Gasteiger partial charge in [0.2, 0.25) is 0 Å². The van der Waals surface area contributed by atoms with E-state index in [1.54, 1.807) is 14.2 Å². The molecule has 6 heteroatoms. The first-order chi connectivity index (χ1) is 12.1. The predicted molar refractivity (Wildman–Crippen MR) is 99.3 cm³/mol. The van der Waals surface area contributed by atoms with Gasteiger partial charge in [0.05, 0.1) is 14.2 Å². The second kappa shape index (κ2) is 10.1. The van der Waals surface area contributed by atoms with Crippen molar-refractivity contribution >= 4 is 6.03 Å². The molecule has 0 radical (unpaired) electrons. The summed E-state index contributed by atoms with van der Waals surface area (Å²) in [6.07, 6.45) is 4.90. The summed E-state index contributed by atoms with van der Waals surface area (Å²) in [4.78, 5) is 14.5. The highest BCUT2D eigenvalue weighted by molar-refractivity contribution is 5.73. The largest absolute Gasteiger partial charge is 0.497 e. The number of nitrogens with one attached hydrogen (secondary N) is 2. The standard InChI is InChI=1S/C19H31N3O3/c1-15-7-4-5-9-22(15)10-6-8-20-19(23)21-14-16-11-17(24-2)13-18(12-16)25-3/h11-13,15H,4-10,14H2,1-3H3,(H2,20,21,23). The summed E-state index contributed by atoms with van der Waals surface area (Å²) in [5.41, 5.74) is 0.938. The lowest BCUT2D eigenvalue weighted by Crippen LogP contribution is -2.40. The van der Waals surface area contributed by atoms with Crippen LogP contribution < -0.4 is 20.1 Å². The normalized spacial score (nSPS) is 17.8. The van der Waals surface area contributed by atoms with Crippen molar-refractivity contribution in [1.82, 2.24) is 15.5 Å². The van der Waals surface area contributed by atoms with Gasteiger partial charge in [-0.15, -0.1) is 0 Å². The Balaban J connectivity index is 1.67. The number of hydrogen-bond donors (Lipinski definition) is 2. The van der Waals surface area contributed by atoms with Crippen LogP contribution in [0.4, 0.5) is 4.79 Å². The van der Waals surface area contributed by atoms with Crippen LogP contribution in [0.3, 0.4) is 0 Å². The van der Waals surface area contributed by atoms with Gasteiger partial charge in [0.1, 0.15) is 11.5 Å². The minimum absolute atomic E-state index is 0.145. The molecule has 1 fully saturated rings. The van der Waals surface area contributed by atoms with E-state index >= 15 is 0 Å². The number of likely N-dealkylation sites (tertiary alicyclic amines) is 1. The lowest BCUT2D eigenvalue weighted by Gasteiger charge is -2.33. The molecule has 0 spiro atoms. The summed E-state index contributed by atoms with van der Waals surface area (Å²) >= 11 is 0. The van der Waals surface area contributed by atoms with Gasteiger partial charge in [-0.25, -0.2) is 4.79 Å². The quantitative estimate of drug-likeness (QED) is 0.709. The van der Waals surface area contributed by atoms with Crippen molar-refractivity contribution in [2.24, 2.45) is 0 Å². The smallest absolute Gasteiger partial charge is 0.315 e. The van der Waals surface area contributed by atoms with Crippen molar-refractivity contribution in [3.8, 4) is 11.5 Å². The number of carbonyl (C=O) groups is 1. The summed E-state index contributed by atoms with van der Waals surface area (Å²) < 4.78 is 10.5. The molecule has 0 bridgehead atoms. The Hall–Kier alpha value is -1.95. The van der Waals surface area contributed by atoms with Crippen molar-refractivity contribution in [3.05, 3.63) is 23.8 Å². The van der Waals surface area contributed by atoms with E-state index in [2.05, 4.69) is 22.5 Å². The zero-order valence-electron chi connectivity index (χ0n) is 15.6. The third-order valence-corrected chi connectivity index (χ3v) is 4.71. The lowest BCUT2D eigenvalue weighted by atomic mass is 10.0.